The number of benzene rings is 2. The number of nitriles is 1. The molecule has 5 atom stereocenters. The van der Waals surface area contributed by atoms with Crippen molar-refractivity contribution in [3.8, 4) is 11.8 Å². The Hall–Kier alpha value is -4.43. The molecule has 11 heteroatoms. The summed E-state index contributed by atoms with van der Waals surface area (Å²) in [6, 6.07) is 13.6. The maximum atomic E-state index is 12.4. The molecule has 2 aromatic carbocycles. The van der Waals surface area contributed by atoms with Gasteiger partial charge in [-0.3, -0.25) is 19.2 Å². The molecular formula is C33H39NO10. The molecule has 1 fully saturated rings. The predicted octanol–water partition coefficient (Wildman–Crippen LogP) is 4.30. The highest BCUT2D eigenvalue weighted by molar-refractivity contribution is 5.69. The highest BCUT2D eigenvalue weighted by atomic mass is 16.7. The molecule has 0 aromatic heterocycles. The average molecular weight is 610 g/mol. The van der Waals surface area contributed by atoms with Gasteiger partial charge in [-0.25, -0.2) is 0 Å². The SMILES string of the molecule is CCc1ccc(Cc2cc([C@@H]3O[C@H](COC(C)=O)[C@@H](OC(C)=O)[C@H](OC(C)=O)[C@H]3OC(C)=O)c(OC(C)C)cc2C#N)cc1. The second-order valence-electron chi connectivity index (χ2n) is 10.8. The van der Waals surface area contributed by atoms with E-state index in [0.29, 0.717) is 23.1 Å². The van der Waals surface area contributed by atoms with Crippen LogP contribution in [-0.2, 0) is 55.7 Å². The number of hydrogen-bond acceptors (Lipinski definition) is 11. The molecule has 3 rings (SSSR count). The molecule has 1 aliphatic rings. The van der Waals surface area contributed by atoms with Gasteiger partial charge in [0.25, 0.3) is 0 Å². The van der Waals surface area contributed by atoms with Crippen LogP contribution in [0.3, 0.4) is 0 Å². The normalized spacial score (nSPS) is 21.1. The summed E-state index contributed by atoms with van der Waals surface area (Å²) in [5.74, 6) is -2.50. The van der Waals surface area contributed by atoms with Gasteiger partial charge in [-0.05, 0) is 55.5 Å². The third-order valence-electron chi connectivity index (χ3n) is 6.84. The van der Waals surface area contributed by atoms with E-state index < -0.39 is 54.4 Å². The van der Waals surface area contributed by atoms with E-state index in [4.69, 9.17) is 28.4 Å². The van der Waals surface area contributed by atoms with Gasteiger partial charge in [0.15, 0.2) is 18.3 Å². The molecule has 236 valence electrons. The Morgan fingerprint density at radius 1 is 0.841 bits per heavy atom. The number of carbonyl (C=O) groups excluding carboxylic acids is 4. The molecule has 0 spiro atoms. The van der Waals surface area contributed by atoms with Crippen LogP contribution in [0.25, 0.3) is 0 Å². The van der Waals surface area contributed by atoms with Crippen LogP contribution in [0.15, 0.2) is 36.4 Å². The van der Waals surface area contributed by atoms with E-state index in [1.807, 2.05) is 38.1 Å². The lowest BCUT2D eigenvalue weighted by Gasteiger charge is -2.45. The lowest BCUT2D eigenvalue weighted by Crippen LogP contribution is -2.59. The van der Waals surface area contributed by atoms with Crippen molar-refractivity contribution < 1.29 is 47.6 Å². The molecular weight excluding hydrogens is 570 g/mol. The fourth-order valence-electron chi connectivity index (χ4n) is 5.06. The van der Waals surface area contributed by atoms with Crippen LogP contribution in [0.1, 0.15) is 82.4 Å². The topological polar surface area (TPSA) is 147 Å². The number of hydrogen-bond donors (Lipinski definition) is 0. The van der Waals surface area contributed by atoms with E-state index in [2.05, 4.69) is 13.0 Å². The van der Waals surface area contributed by atoms with Gasteiger partial charge in [0, 0.05) is 33.3 Å². The van der Waals surface area contributed by atoms with E-state index in [9.17, 15) is 24.4 Å². The Bertz CT molecular complexity index is 1390. The number of ether oxygens (including phenoxy) is 6. The highest BCUT2D eigenvalue weighted by Gasteiger charge is 2.53. The maximum Gasteiger partial charge on any atom is 0.303 e. The van der Waals surface area contributed by atoms with Crippen molar-refractivity contribution in [1.82, 2.24) is 0 Å². The van der Waals surface area contributed by atoms with Crippen molar-refractivity contribution in [3.63, 3.8) is 0 Å². The molecule has 2 aromatic rings. The molecule has 0 radical (unpaired) electrons. The minimum atomic E-state index is -1.34. The van der Waals surface area contributed by atoms with Crippen LogP contribution in [0.5, 0.6) is 5.75 Å². The minimum absolute atomic E-state index is 0.280. The van der Waals surface area contributed by atoms with Gasteiger partial charge < -0.3 is 28.4 Å². The first-order valence-corrected chi connectivity index (χ1v) is 14.4. The Morgan fingerprint density at radius 3 is 1.93 bits per heavy atom. The monoisotopic (exact) mass is 609 g/mol. The predicted molar refractivity (Wildman–Crippen MR) is 156 cm³/mol. The third kappa shape index (κ3) is 9.04. The molecule has 1 saturated heterocycles. The van der Waals surface area contributed by atoms with Crippen molar-refractivity contribution in [2.75, 3.05) is 6.61 Å². The molecule has 0 amide bonds. The summed E-state index contributed by atoms with van der Waals surface area (Å²) in [5.41, 5.74) is 3.55. The highest BCUT2D eigenvalue weighted by Crippen LogP contribution is 2.42. The van der Waals surface area contributed by atoms with E-state index >= 15 is 0 Å². The molecule has 0 saturated carbocycles. The maximum absolute atomic E-state index is 12.4. The molecule has 0 N–H and O–H groups in total. The smallest absolute Gasteiger partial charge is 0.303 e. The van der Waals surface area contributed by atoms with Crippen LogP contribution >= 0.6 is 0 Å². The second kappa shape index (κ2) is 15.3. The summed E-state index contributed by atoms with van der Waals surface area (Å²) >= 11 is 0. The van der Waals surface area contributed by atoms with Gasteiger partial charge in [-0.15, -0.1) is 0 Å². The lowest BCUT2D eigenvalue weighted by atomic mass is 9.87. The van der Waals surface area contributed by atoms with Gasteiger partial charge in [0.2, 0.25) is 0 Å². The van der Waals surface area contributed by atoms with E-state index in [0.717, 1.165) is 25.8 Å². The number of nitrogens with zero attached hydrogens (tertiary/aromatic N) is 1. The zero-order chi connectivity index (χ0) is 32.6. The average Bonchev–Trinajstić information content (AvgIpc) is 2.94. The van der Waals surface area contributed by atoms with E-state index in [1.54, 1.807) is 12.1 Å². The van der Waals surface area contributed by atoms with E-state index in [1.165, 1.54) is 19.4 Å². The van der Waals surface area contributed by atoms with Gasteiger partial charge >= 0.3 is 23.9 Å². The summed E-state index contributed by atoms with van der Waals surface area (Å²) in [5, 5.41) is 10.1. The Balaban J connectivity index is 2.24. The zero-order valence-corrected chi connectivity index (χ0v) is 26.1. The van der Waals surface area contributed by atoms with Gasteiger partial charge in [-0.1, -0.05) is 31.2 Å². The van der Waals surface area contributed by atoms with Crippen molar-refractivity contribution in [3.05, 3.63) is 64.2 Å². The first-order chi connectivity index (χ1) is 20.8. The number of esters is 4. The molecule has 1 aliphatic heterocycles. The van der Waals surface area contributed by atoms with Crippen molar-refractivity contribution in [1.29, 1.82) is 5.26 Å². The summed E-state index contributed by atoms with van der Waals surface area (Å²) < 4.78 is 34.6. The fourth-order valence-corrected chi connectivity index (χ4v) is 5.06. The molecule has 1 heterocycles. The third-order valence-corrected chi connectivity index (χ3v) is 6.84. The number of rotatable bonds is 11. The molecule has 11 nitrogen and oxygen atoms in total. The number of aryl methyl sites for hydroxylation is 1. The van der Waals surface area contributed by atoms with Crippen molar-refractivity contribution in [2.24, 2.45) is 0 Å². The van der Waals surface area contributed by atoms with Crippen LogP contribution in [-0.4, -0.2) is 61.0 Å². The number of carbonyl (C=O) groups is 4. The molecule has 0 aliphatic carbocycles. The minimum Gasteiger partial charge on any atom is -0.491 e. The Kier molecular flexibility index (Phi) is 11.9. The van der Waals surface area contributed by atoms with Crippen LogP contribution in [0.4, 0.5) is 0 Å². The summed E-state index contributed by atoms with van der Waals surface area (Å²) in [6.45, 7) is 10.0. The summed E-state index contributed by atoms with van der Waals surface area (Å²) in [7, 11) is 0. The Morgan fingerprint density at radius 2 is 1.41 bits per heavy atom. The first kappa shape index (κ1) is 34.1. The quantitative estimate of drug-likeness (QED) is 0.265. The second-order valence-corrected chi connectivity index (χ2v) is 10.8. The van der Waals surface area contributed by atoms with Crippen LogP contribution < -0.4 is 4.74 Å². The summed E-state index contributed by atoms with van der Waals surface area (Å²) in [4.78, 5) is 48.6. The fraction of sp³-hybridized carbons (Fsp3) is 0.485. The van der Waals surface area contributed by atoms with Gasteiger partial charge in [0.1, 0.15) is 24.6 Å². The molecule has 44 heavy (non-hydrogen) atoms. The molecule has 0 unspecified atom stereocenters. The van der Waals surface area contributed by atoms with Crippen molar-refractivity contribution >= 4 is 23.9 Å². The van der Waals surface area contributed by atoms with E-state index in [-0.39, 0.29) is 18.5 Å². The lowest BCUT2D eigenvalue weighted by molar-refractivity contribution is -0.254. The van der Waals surface area contributed by atoms with Crippen LogP contribution in [0.2, 0.25) is 0 Å². The van der Waals surface area contributed by atoms with Crippen molar-refractivity contribution in [2.45, 2.75) is 97.9 Å². The zero-order valence-electron chi connectivity index (χ0n) is 26.1. The van der Waals surface area contributed by atoms with Gasteiger partial charge in [0.05, 0.1) is 17.7 Å². The van der Waals surface area contributed by atoms with Gasteiger partial charge in [-0.2, -0.15) is 5.26 Å². The largest absolute Gasteiger partial charge is 0.491 e. The standard InChI is InChI=1S/C33H39NO10/c1-8-23-9-11-24(12-10-23)13-25-14-27(28(40-18(2)3)15-26(25)16-34)30-32(42-21(6)37)33(43-22(7)38)31(41-20(5)36)29(44-30)17-39-19(4)35/h9-12,14-15,18,29-33H,8,13,17H2,1-7H3/t29-,30+,31-,32+,33+/m1/s1. The summed E-state index contributed by atoms with van der Waals surface area (Å²) in [6.07, 6.45) is -5.26. The first-order valence-electron chi connectivity index (χ1n) is 14.4. The van der Waals surface area contributed by atoms with Crippen LogP contribution in [0, 0.1) is 11.3 Å². The molecule has 0 bridgehead atoms. The Labute approximate surface area is 257 Å².